The lowest BCUT2D eigenvalue weighted by atomic mass is 10.3. The zero-order chi connectivity index (χ0) is 15.8. The van der Waals surface area contributed by atoms with Gasteiger partial charge in [-0.05, 0) is 24.4 Å². The summed E-state index contributed by atoms with van der Waals surface area (Å²) < 4.78 is 10.2. The summed E-state index contributed by atoms with van der Waals surface area (Å²) in [5.41, 5.74) is 0.606. The van der Waals surface area contributed by atoms with Gasteiger partial charge in [0.1, 0.15) is 6.61 Å². The molecule has 2 rings (SSSR count). The molecule has 0 aromatic carbocycles. The normalized spacial score (nSPS) is 11.7. The molecule has 2 heterocycles. The molecule has 0 bridgehead atoms. The van der Waals surface area contributed by atoms with Crippen LogP contribution in [0.25, 0.3) is 0 Å². The molecule has 0 aliphatic carbocycles. The first-order chi connectivity index (χ1) is 10.7. The van der Waals surface area contributed by atoms with Crippen molar-refractivity contribution in [3.63, 3.8) is 0 Å². The van der Waals surface area contributed by atoms with Gasteiger partial charge in [0.2, 0.25) is 5.88 Å². The number of pyridine rings is 1. The van der Waals surface area contributed by atoms with Crippen LogP contribution >= 0.6 is 11.3 Å². The second-order valence-electron chi connectivity index (χ2n) is 4.56. The van der Waals surface area contributed by atoms with Gasteiger partial charge in [-0.15, -0.1) is 11.3 Å². The van der Waals surface area contributed by atoms with Crippen molar-refractivity contribution < 1.29 is 14.3 Å². The van der Waals surface area contributed by atoms with Crippen LogP contribution in [0.2, 0.25) is 0 Å². The Morgan fingerprint density at radius 1 is 1.36 bits per heavy atom. The molecule has 1 unspecified atom stereocenters. The molecular formula is C15H19N3O3S. The Hall–Kier alpha value is -2.12. The van der Waals surface area contributed by atoms with E-state index in [1.807, 2.05) is 24.4 Å². The van der Waals surface area contributed by atoms with E-state index < -0.39 is 0 Å². The van der Waals surface area contributed by atoms with Crippen LogP contribution in [0.4, 0.5) is 10.5 Å². The first kappa shape index (κ1) is 16.3. The van der Waals surface area contributed by atoms with Crippen molar-refractivity contribution in [3.8, 4) is 5.88 Å². The Labute approximate surface area is 133 Å². The minimum atomic E-state index is -0.268. The molecule has 0 aliphatic heterocycles. The highest BCUT2D eigenvalue weighted by Crippen LogP contribution is 2.18. The summed E-state index contributed by atoms with van der Waals surface area (Å²) in [6.07, 6.45) is 1.55. The third kappa shape index (κ3) is 5.01. The van der Waals surface area contributed by atoms with E-state index in [9.17, 15) is 4.79 Å². The average Bonchev–Trinajstić information content (AvgIpc) is 3.03. The van der Waals surface area contributed by atoms with Crippen molar-refractivity contribution in [2.24, 2.45) is 0 Å². The number of urea groups is 1. The fraction of sp³-hybridized carbons (Fsp3) is 0.333. The summed E-state index contributed by atoms with van der Waals surface area (Å²) >= 11 is 1.61. The van der Waals surface area contributed by atoms with Gasteiger partial charge >= 0.3 is 6.03 Å². The zero-order valence-electron chi connectivity index (χ0n) is 12.5. The van der Waals surface area contributed by atoms with Gasteiger partial charge in [0, 0.05) is 18.1 Å². The SMILES string of the molecule is COCCOc1ccc(NC(=O)NC(C)c2cccs2)cn1. The number of carbonyl (C=O) groups excluding carboxylic acids is 1. The fourth-order valence-electron chi connectivity index (χ4n) is 1.74. The summed E-state index contributed by atoms with van der Waals surface area (Å²) in [4.78, 5) is 17.1. The van der Waals surface area contributed by atoms with Crippen LogP contribution in [0.5, 0.6) is 5.88 Å². The lowest BCUT2D eigenvalue weighted by Gasteiger charge is -2.13. The molecule has 0 radical (unpaired) electrons. The molecule has 0 fully saturated rings. The number of anilines is 1. The third-order valence-corrected chi connectivity index (χ3v) is 3.90. The summed E-state index contributed by atoms with van der Waals surface area (Å²) in [7, 11) is 1.61. The van der Waals surface area contributed by atoms with E-state index in [-0.39, 0.29) is 12.1 Å². The van der Waals surface area contributed by atoms with Gasteiger partial charge < -0.3 is 20.1 Å². The Morgan fingerprint density at radius 2 is 2.23 bits per heavy atom. The summed E-state index contributed by atoms with van der Waals surface area (Å²) in [5, 5.41) is 7.60. The van der Waals surface area contributed by atoms with Crippen LogP contribution in [-0.2, 0) is 4.74 Å². The molecule has 0 aliphatic rings. The van der Waals surface area contributed by atoms with Gasteiger partial charge in [0.15, 0.2) is 0 Å². The zero-order valence-corrected chi connectivity index (χ0v) is 13.4. The molecule has 1 atom stereocenters. The van der Waals surface area contributed by atoms with Gasteiger partial charge in [0.05, 0.1) is 24.5 Å². The molecule has 7 heteroatoms. The molecule has 118 valence electrons. The number of carbonyl (C=O) groups is 1. The summed E-state index contributed by atoms with van der Waals surface area (Å²) in [6, 6.07) is 7.09. The monoisotopic (exact) mass is 321 g/mol. The number of amides is 2. The van der Waals surface area contributed by atoms with E-state index in [2.05, 4.69) is 15.6 Å². The highest BCUT2D eigenvalue weighted by atomic mass is 32.1. The molecule has 2 aromatic heterocycles. The second kappa shape index (κ2) is 8.35. The standard InChI is InChI=1S/C15H19N3O3S/c1-11(13-4-3-9-22-13)17-15(19)18-12-5-6-14(16-10-12)21-8-7-20-2/h3-6,9-11H,7-8H2,1-2H3,(H2,17,18,19). The molecule has 0 saturated carbocycles. The third-order valence-electron chi connectivity index (χ3n) is 2.85. The van der Waals surface area contributed by atoms with Crippen LogP contribution in [0.3, 0.4) is 0 Å². The molecular weight excluding hydrogens is 302 g/mol. The maximum atomic E-state index is 11.9. The smallest absolute Gasteiger partial charge is 0.319 e. The van der Waals surface area contributed by atoms with Crippen molar-refractivity contribution in [2.75, 3.05) is 25.6 Å². The van der Waals surface area contributed by atoms with E-state index in [1.165, 1.54) is 0 Å². The van der Waals surface area contributed by atoms with E-state index in [4.69, 9.17) is 9.47 Å². The molecule has 22 heavy (non-hydrogen) atoms. The Kier molecular flexibility index (Phi) is 6.17. The molecule has 2 amide bonds. The Balaban J connectivity index is 1.81. The van der Waals surface area contributed by atoms with Crippen LogP contribution < -0.4 is 15.4 Å². The number of nitrogens with one attached hydrogen (secondary N) is 2. The molecule has 0 saturated heterocycles. The second-order valence-corrected chi connectivity index (χ2v) is 5.54. The van der Waals surface area contributed by atoms with Crippen molar-refractivity contribution in [1.29, 1.82) is 0 Å². The molecule has 0 spiro atoms. The van der Waals surface area contributed by atoms with Crippen molar-refractivity contribution in [2.45, 2.75) is 13.0 Å². The van der Waals surface area contributed by atoms with Crippen LogP contribution in [-0.4, -0.2) is 31.3 Å². The topological polar surface area (TPSA) is 72.5 Å². The molecule has 6 nitrogen and oxygen atoms in total. The van der Waals surface area contributed by atoms with Crippen LogP contribution in [0.15, 0.2) is 35.8 Å². The number of hydrogen-bond acceptors (Lipinski definition) is 5. The van der Waals surface area contributed by atoms with Crippen LogP contribution in [0, 0.1) is 0 Å². The lowest BCUT2D eigenvalue weighted by Crippen LogP contribution is -2.30. The van der Waals surface area contributed by atoms with E-state index in [0.29, 0.717) is 24.8 Å². The summed E-state index contributed by atoms with van der Waals surface area (Å²) in [6.45, 7) is 2.89. The first-order valence-corrected chi connectivity index (χ1v) is 7.75. The predicted molar refractivity (Wildman–Crippen MR) is 86.5 cm³/mol. The Morgan fingerprint density at radius 3 is 2.86 bits per heavy atom. The van der Waals surface area contributed by atoms with E-state index in [1.54, 1.807) is 36.8 Å². The quantitative estimate of drug-likeness (QED) is 0.769. The largest absolute Gasteiger partial charge is 0.475 e. The maximum absolute atomic E-state index is 11.9. The van der Waals surface area contributed by atoms with Gasteiger partial charge in [-0.2, -0.15) is 0 Å². The fourth-order valence-corrected chi connectivity index (χ4v) is 2.48. The lowest BCUT2D eigenvalue weighted by molar-refractivity contribution is 0.144. The number of aromatic nitrogens is 1. The highest BCUT2D eigenvalue weighted by Gasteiger charge is 2.10. The maximum Gasteiger partial charge on any atom is 0.319 e. The number of ether oxygens (including phenoxy) is 2. The van der Waals surface area contributed by atoms with Crippen LogP contribution in [0.1, 0.15) is 17.8 Å². The van der Waals surface area contributed by atoms with E-state index >= 15 is 0 Å². The van der Waals surface area contributed by atoms with Gasteiger partial charge in [-0.1, -0.05) is 6.07 Å². The predicted octanol–water partition coefficient (Wildman–Crippen LogP) is 3.05. The van der Waals surface area contributed by atoms with Gasteiger partial charge in [-0.25, -0.2) is 9.78 Å². The minimum Gasteiger partial charge on any atom is -0.475 e. The number of nitrogens with zero attached hydrogens (tertiary/aromatic N) is 1. The van der Waals surface area contributed by atoms with Crippen molar-refractivity contribution in [3.05, 3.63) is 40.7 Å². The van der Waals surface area contributed by atoms with Gasteiger partial charge in [0.25, 0.3) is 0 Å². The van der Waals surface area contributed by atoms with Crippen molar-refractivity contribution in [1.82, 2.24) is 10.3 Å². The number of thiophene rings is 1. The summed E-state index contributed by atoms with van der Waals surface area (Å²) in [5.74, 6) is 0.495. The number of methoxy groups -OCH3 is 1. The number of rotatable bonds is 7. The van der Waals surface area contributed by atoms with Gasteiger partial charge in [-0.3, -0.25) is 0 Å². The number of hydrogen-bond donors (Lipinski definition) is 2. The Bertz CT molecular complexity index is 572. The minimum absolute atomic E-state index is 0.0374. The van der Waals surface area contributed by atoms with Crippen molar-refractivity contribution >= 4 is 23.1 Å². The van der Waals surface area contributed by atoms with E-state index in [0.717, 1.165) is 4.88 Å². The first-order valence-electron chi connectivity index (χ1n) is 6.87. The highest BCUT2D eigenvalue weighted by molar-refractivity contribution is 7.10. The molecule has 2 N–H and O–H groups in total. The molecule has 2 aromatic rings. The average molecular weight is 321 g/mol.